The predicted molar refractivity (Wildman–Crippen MR) is 109 cm³/mol. The highest BCUT2D eigenvalue weighted by molar-refractivity contribution is 8.04. The number of hydrogen-bond donors (Lipinski definition) is 2. The van der Waals surface area contributed by atoms with Crippen molar-refractivity contribution in [3.8, 4) is 5.75 Å². The maximum atomic E-state index is 12.5. The molecular weight excluding hydrogens is 360 g/mol. The quantitative estimate of drug-likeness (QED) is 0.577. The molecule has 140 valence electrons. The molecule has 5 nitrogen and oxygen atoms in total. The number of methoxy groups -OCH3 is 1. The van der Waals surface area contributed by atoms with Gasteiger partial charge in [-0.15, -0.1) is 0 Å². The van der Waals surface area contributed by atoms with Crippen molar-refractivity contribution in [2.24, 2.45) is 0 Å². The zero-order valence-corrected chi connectivity index (χ0v) is 16.2. The first-order valence-corrected chi connectivity index (χ1v) is 9.69. The van der Waals surface area contributed by atoms with Gasteiger partial charge < -0.3 is 15.4 Å². The van der Waals surface area contributed by atoms with E-state index in [1.165, 1.54) is 11.8 Å². The average Bonchev–Trinajstić information content (AvgIpc) is 2.69. The highest BCUT2D eigenvalue weighted by Gasteiger charge is 2.22. The third-order valence-corrected chi connectivity index (χ3v) is 5.26. The van der Waals surface area contributed by atoms with Gasteiger partial charge in [-0.05, 0) is 48.4 Å². The largest absolute Gasteiger partial charge is 0.497 e. The summed E-state index contributed by atoms with van der Waals surface area (Å²) in [7, 11) is 1.62. The lowest BCUT2D eigenvalue weighted by Crippen LogP contribution is -2.25. The van der Waals surface area contributed by atoms with Gasteiger partial charge in [-0.25, -0.2) is 0 Å². The molecule has 0 bridgehead atoms. The van der Waals surface area contributed by atoms with E-state index in [-0.39, 0.29) is 11.8 Å². The van der Waals surface area contributed by atoms with Crippen molar-refractivity contribution < 1.29 is 14.3 Å². The van der Waals surface area contributed by atoms with Crippen LogP contribution in [0.3, 0.4) is 0 Å². The van der Waals surface area contributed by atoms with Crippen LogP contribution in [0.25, 0.3) is 6.08 Å². The summed E-state index contributed by atoms with van der Waals surface area (Å²) < 4.78 is 5.15. The number of unbranched alkanes of at least 4 members (excludes halogenated alkanes) is 1. The molecule has 0 radical (unpaired) electrons. The number of hydrogen-bond acceptors (Lipinski definition) is 4. The third kappa shape index (κ3) is 4.71. The average molecular weight is 382 g/mol. The van der Waals surface area contributed by atoms with Crippen LogP contribution in [0.4, 0.5) is 5.69 Å². The normalized spacial score (nSPS) is 14.4. The molecule has 0 aliphatic carbocycles. The van der Waals surface area contributed by atoms with Crippen LogP contribution in [-0.2, 0) is 4.79 Å². The highest BCUT2D eigenvalue weighted by Crippen LogP contribution is 2.39. The Labute approximate surface area is 163 Å². The molecule has 0 saturated carbocycles. The number of carbonyl (C=O) groups excluding carboxylic acids is 2. The zero-order chi connectivity index (χ0) is 19.2. The summed E-state index contributed by atoms with van der Waals surface area (Å²) in [6.45, 7) is 2.73. The molecule has 0 unspecified atom stereocenters. The van der Waals surface area contributed by atoms with Crippen LogP contribution in [0, 0.1) is 0 Å². The van der Waals surface area contributed by atoms with Gasteiger partial charge in [0.1, 0.15) is 5.75 Å². The van der Waals surface area contributed by atoms with Crippen molar-refractivity contribution in [2.45, 2.75) is 24.7 Å². The monoisotopic (exact) mass is 382 g/mol. The molecule has 0 atom stereocenters. The van der Waals surface area contributed by atoms with E-state index in [2.05, 4.69) is 17.6 Å². The number of fused-ring (bicyclic) bond motifs is 1. The van der Waals surface area contributed by atoms with Crippen LogP contribution >= 0.6 is 11.8 Å². The fourth-order valence-corrected chi connectivity index (χ4v) is 3.57. The fraction of sp³-hybridized carbons (Fsp3) is 0.238. The summed E-state index contributed by atoms with van der Waals surface area (Å²) in [6, 6.07) is 12.9. The van der Waals surface area contributed by atoms with Crippen molar-refractivity contribution in [3.63, 3.8) is 0 Å². The van der Waals surface area contributed by atoms with E-state index in [1.807, 2.05) is 36.4 Å². The Morgan fingerprint density at radius 1 is 1.22 bits per heavy atom. The van der Waals surface area contributed by atoms with Gasteiger partial charge in [0.05, 0.1) is 17.7 Å². The Kier molecular flexibility index (Phi) is 6.19. The number of thioether (sulfide) groups is 1. The third-order valence-electron chi connectivity index (χ3n) is 4.16. The van der Waals surface area contributed by atoms with Crippen molar-refractivity contribution in [1.29, 1.82) is 0 Å². The van der Waals surface area contributed by atoms with E-state index < -0.39 is 0 Å². The second-order valence-electron chi connectivity index (χ2n) is 6.16. The van der Waals surface area contributed by atoms with Crippen molar-refractivity contribution in [3.05, 3.63) is 58.5 Å². The smallest absolute Gasteiger partial charge is 0.262 e. The van der Waals surface area contributed by atoms with Gasteiger partial charge in [0.25, 0.3) is 11.8 Å². The number of ether oxygens (including phenoxy) is 1. The van der Waals surface area contributed by atoms with E-state index in [9.17, 15) is 9.59 Å². The number of anilines is 1. The summed E-state index contributed by atoms with van der Waals surface area (Å²) in [6.07, 6.45) is 3.82. The minimum atomic E-state index is -0.174. The fourth-order valence-electron chi connectivity index (χ4n) is 2.63. The lowest BCUT2D eigenvalue weighted by molar-refractivity contribution is -0.112. The second kappa shape index (κ2) is 8.77. The van der Waals surface area contributed by atoms with Crippen LogP contribution in [-0.4, -0.2) is 25.5 Å². The van der Waals surface area contributed by atoms with E-state index in [4.69, 9.17) is 4.74 Å². The number of carbonyl (C=O) groups is 2. The SMILES string of the molecule is CCCCNC(=O)c1ccc2c(c1)NC(=O)/C(=C\c1ccc(OC)cc1)S2. The summed E-state index contributed by atoms with van der Waals surface area (Å²) >= 11 is 1.40. The Balaban J connectivity index is 1.76. The van der Waals surface area contributed by atoms with E-state index in [0.29, 0.717) is 22.7 Å². The van der Waals surface area contributed by atoms with Crippen LogP contribution in [0.1, 0.15) is 35.7 Å². The van der Waals surface area contributed by atoms with Crippen LogP contribution in [0.5, 0.6) is 5.75 Å². The summed E-state index contributed by atoms with van der Waals surface area (Å²) in [5.41, 5.74) is 2.14. The molecule has 1 aliphatic heterocycles. The summed E-state index contributed by atoms with van der Waals surface area (Å²) in [4.78, 5) is 26.2. The van der Waals surface area contributed by atoms with Crippen LogP contribution < -0.4 is 15.4 Å². The molecule has 0 spiro atoms. The van der Waals surface area contributed by atoms with Gasteiger partial charge >= 0.3 is 0 Å². The standard InChI is InChI=1S/C21H22N2O3S/c1-3-4-11-22-20(24)15-7-10-18-17(13-15)23-21(25)19(27-18)12-14-5-8-16(26-2)9-6-14/h5-10,12-13H,3-4,11H2,1-2H3,(H,22,24)(H,23,25)/b19-12+. The van der Waals surface area contributed by atoms with Gasteiger partial charge in [0, 0.05) is 17.0 Å². The minimum Gasteiger partial charge on any atom is -0.497 e. The number of nitrogens with one attached hydrogen (secondary N) is 2. The van der Waals surface area contributed by atoms with E-state index in [1.54, 1.807) is 19.2 Å². The molecule has 0 aromatic heterocycles. The van der Waals surface area contributed by atoms with Gasteiger partial charge in [-0.2, -0.15) is 0 Å². The van der Waals surface area contributed by atoms with E-state index in [0.717, 1.165) is 29.1 Å². The zero-order valence-electron chi connectivity index (χ0n) is 15.4. The van der Waals surface area contributed by atoms with E-state index >= 15 is 0 Å². The maximum Gasteiger partial charge on any atom is 0.262 e. The molecule has 2 aromatic carbocycles. The number of rotatable bonds is 6. The minimum absolute atomic E-state index is 0.120. The van der Waals surface area contributed by atoms with Gasteiger partial charge in [0.2, 0.25) is 0 Å². The molecule has 2 aromatic rings. The first kappa shape index (κ1) is 19.0. The Bertz CT molecular complexity index is 875. The Hall–Kier alpha value is -2.73. The van der Waals surface area contributed by atoms with Gasteiger partial charge in [-0.3, -0.25) is 9.59 Å². The van der Waals surface area contributed by atoms with Gasteiger partial charge in [-0.1, -0.05) is 37.2 Å². The predicted octanol–water partition coefficient (Wildman–Crippen LogP) is 4.31. The number of amides is 2. The molecule has 27 heavy (non-hydrogen) atoms. The van der Waals surface area contributed by atoms with Crippen molar-refractivity contribution in [2.75, 3.05) is 19.0 Å². The highest BCUT2D eigenvalue weighted by atomic mass is 32.2. The topological polar surface area (TPSA) is 67.4 Å². The first-order chi connectivity index (χ1) is 13.1. The van der Waals surface area contributed by atoms with Crippen LogP contribution in [0.2, 0.25) is 0 Å². The lowest BCUT2D eigenvalue weighted by atomic mass is 10.1. The Morgan fingerprint density at radius 3 is 2.70 bits per heavy atom. The van der Waals surface area contributed by atoms with Crippen LogP contribution in [0.15, 0.2) is 52.3 Å². The maximum absolute atomic E-state index is 12.5. The second-order valence-corrected chi connectivity index (χ2v) is 7.24. The number of benzene rings is 2. The summed E-state index contributed by atoms with van der Waals surface area (Å²) in [5, 5.41) is 5.77. The first-order valence-electron chi connectivity index (χ1n) is 8.88. The summed E-state index contributed by atoms with van der Waals surface area (Å²) in [5.74, 6) is 0.477. The molecule has 1 heterocycles. The molecule has 0 saturated heterocycles. The molecule has 3 rings (SSSR count). The molecule has 6 heteroatoms. The molecule has 0 fully saturated rings. The lowest BCUT2D eigenvalue weighted by Gasteiger charge is -2.19. The molecule has 2 amide bonds. The van der Waals surface area contributed by atoms with Crippen molar-refractivity contribution in [1.82, 2.24) is 5.32 Å². The van der Waals surface area contributed by atoms with Gasteiger partial charge in [0.15, 0.2) is 0 Å². The molecule has 2 N–H and O–H groups in total. The van der Waals surface area contributed by atoms with Crippen molar-refractivity contribution >= 4 is 35.3 Å². The molecular formula is C21H22N2O3S. The molecule has 1 aliphatic rings. The Morgan fingerprint density at radius 2 is 2.00 bits per heavy atom.